The fraction of sp³-hybridized carbons (Fsp3) is 0.486. The summed E-state index contributed by atoms with van der Waals surface area (Å²) in [7, 11) is -3.85. The van der Waals surface area contributed by atoms with Gasteiger partial charge in [0.15, 0.2) is 5.13 Å². The average Bonchev–Trinajstić information content (AvgIpc) is 3.90. The number of pyridine rings is 1. The quantitative estimate of drug-likeness (QED) is 0.301. The topological polar surface area (TPSA) is 160 Å². The van der Waals surface area contributed by atoms with E-state index in [1.165, 1.54) is 11.3 Å². The lowest BCUT2D eigenvalue weighted by Crippen LogP contribution is -2.58. The number of aryl methyl sites for hydroxylation is 1. The zero-order valence-electron chi connectivity index (χ0n) is 28.3. The predicted octanol–water partition coefficient (Wildman–Crippen LogP) is 4.34. The first-order valence-corrected chi connectivity index (χ1v) is 20.3. The summed E-state index contributed by atoms with van der Waals surface area (Å²) in [6, 6.07) is 6.42. The molecule has 2 aromatic heterocycles. The number of sulfonamides is 1. The monoisotopic (exact) mass is 730 g/mol. The van der Waals surface area contributed by atoms with E-state index in [1.54, 1.807) is 17.2 Å². The SMILES string of the molecule is C=C[C@@H]1C[C@]1(NC(=O)[C@@H]1C[C@@H]2CN1C(=O)[C@H](C1CCCC1)Nc1nc(cs1)CC/C=C/c1ccc3ccnc(c3c1)O2)C(=O)NS(=O)(=O)C1CC1. The Morgan fingerprint density at radius 3 is 2.75 bits per heavy atom. The molecule has 14 heteroatoms. The maximum Gasteiger partial charge on any atom is 0.259 e. The van der Waals surface area contributed by atoms with Gasteiger partial charge in [0.25, 0.3) is 5.91 Å². The molecule has 4 heterocycles. The third kappa shape index (κ3) is 6.75. The summed E-state index contributed by atoms with van der Waals surface area (Å²) < 4.78 is 34.2. The Hall–Kier alpha value is -4.30. The van der Waals surface area contributed by atoms with Gasteiger partial charge in [-0.15, -0.1) is 17.9 Å². The summed E-state index contributed by atoms with van der Waals surface area (Å²) in [5.41, 5.74) is 0.467. The van der Waals surface area contributed by atoms with E-state index in [2.05, 4.69) is 39.1 Å². The molecule has 3 aromatic rings. The van der Waals surface area contributed by atoms with Crippen LogP contribution in [0.3, 0.4) is 0 Å². The molecule has 2 aliphatic heterocycles. The van der Waals surface area contributed by atoms with Gasteiger partial charge in [0.1, 0.15) is 23.7 Å². The normalized spacial score (nSPS) is 28.7. The van der Waals surface area contributed by atoms with Gasteiger partial charge in [-0.3, -0.25) is 19.1 Å². The molecule has 4 fully saturated rings. The van der Waals surface area contributed by atoms with E-state index >= 15 is 0 Å². The van der Waals surface area contributed by atoms with Gasteiger partial charge in [0, 0.05) is 29.3 Å². The first kappa shape index (κ1) is 33.8. The minimum Gasteiger partial charge on any atom is -0.472 e. The largest absolute Gasteiger partial charge is 0.472 e. The number of aromatic nitrogens is 2. The van der Waals surface area contributed by atoms with E-state index in [0.717, 1.165) is 60.6 Å². The van der Waals surface area contributed by atoms with Crippen LogP contribution in [0.4, 0.5) is 5.13 Å². The molecule has 3 aliphatic carbocycles. The van der Waals surface area contributed by atoms with Gasteiger partial charge in [-0.25, -0.2) is 18.4 Å². The van der Waals surface area contributed by atoms with E-state index in [4.69, 9.17) is 9.72 Å². The van der Waals surface area contributed by atoms with Crippen molar-refractivity contribution in [2.45, 2.75) is 93.2 Å². The number of thiazole rings is 1. The number of ether oxygens (including phenoxy) is 1. The number of benzene rings is 1. The first-order chi connectivity index (χ1) is 24.6. The van der Waals surface area contributed by atoms with Crippen molar-refractivity contribution in [2.24, 2.45) is 11.8 Å². The van der Waals surface area contributed by atoms with Crippen molar-refractivity contribution in [1.29, 1.82) is 0 Å². The van der Waals surface area contributed by atoms with Gasteiger partial charge < -0.3 is 20.3 Å². The molecule has 0 unspecified atom stereocenters. The number of hydrogen-bond acceptors (Lipinski definition) is 10. The Balaban J connectivity index is 1.14. The van der Waals surface area contributed by atoms with Crippen LogP contribution in [0.5, 0.6) is 5.88 Å². The molecular weight excluding hydrogens is 689 g/mol. The highest BCUT2D eigenvalue weighted by atomic mass is 32.2. The Morgan fingerprint density at radius 2 is 1.98 bits per heavy atom. The summed E-state index contributed by atoms with van der Waals surface area (Å²) in [4.78, 5) is 53.6. The van der Waals surface area contributed by atoms with Crippen LogP contribution < -0.4 is 20.1 Å². The van der Waals surface area contributed by atoms with Crippen LogP contribution in [-0.4, -0.2) is 76.5 Å². The zero-order valence-corrected chi connectivity index (χ0v) is 29.9. The Morgan fingerprint density at radius 1 is 1.16 bits per heavy atom. The van der Waals surface area contributed by atoms with Gasteiger partial charge in [-0.2, -0.15) is 0 Å². The van der Waals surface area contributed by atoms with Crippen molar-refractivity contribution in [1.82, 2.24) is 24.9 Å². The van der Waals surface area contributed by atoms with Crippen molar-refractivity contribution in [3.05, 3.63) is 65.8 Å². The predicted molar refractivity (Wildman–Crippen MR) is 194 cm³/mol. The number of hydrogen-bond donors (Lipinski definition) is 3. The molecule has 268 valence electrons. The van der Waals surface area contributed by atoms with E-state index in [1.807, 2.05) is 29.6 Å². The van der Waals surface area contributed by atoms with Gasteiger partial charge in [0.2, 0.25) is 27.7 Å². The maximum absolute atomic E-state index is 14.8. The van der Waals surface area contributed by atoms with Crippen molar-refractivity contribution in [3.8, 4) is 5.88 Å². The Bertz CT molecular complexity index is 2020. The van der Waals surface area contributed by atoms with Crippen LogP contribution in [0.25, 0.3) is 16.8 Å². The summed E-state index contributed by atoms with van der Waals surface area (Å²) in [5.74, 6) is -1.53. The van der Waals surface area contributed by atoms with E-state index < -0.39 is 56.7 Å². The highest BCUT2D eigenvalue weighted by Gasteiger charge is 2.62. The molecule has 51 heavy (non-hydrogen) atoms. The number of anilines is 1. The minimum absolute atomic E-state index is 0.0542. The molecule has 0 radical (unpaired) electrons. The first-order valence-electron chi connectivity index (χ1n) is 17.9. The van der Waals surface area contributed by atoms with Crippen LogP contribution in [0.1, 0.15) is 69.0 Å². The Kier molecular flexibility index (Phi) is 8.85. The third-order valence-electron chi connectivity index (χ3n) is 11.0. The summed E-state index contributed by atoms with van der Waals surface area (Å²) in [6.45, 7) is 3.95. The van der Waals surface area contributed by atoms with Crippen molar-refractivity contribution in [3.63, 3.8) is 0 Å². The molecular formula is C37H42N6O6S2. The fourth-order valence-electron chi connectivity index (χ4n) is 7.83. The second-order valence-electron chi connectivity index (χ2n) is 14.5. The number of nitrogens with one attached hydrogen (secondary N) is 3. The molecule has 3 saturated carbocycles. The molecule has 5 aliphatic rings. The number of allylic oxidation sites excluding steroid dienone is 1. The number of carbonyl (C=O) groups excluding carboxylic acids is 3. The van der Waals surface area contributed by atoms with E-state index in [0.29, 0.717) is 23.9 Å². The van der Waals surface area contributed by atoms with Crippen molar-refractivity contribution >= 4 is 61.1 Å². The molecule has 1 saturated heterocycles. The molecule has 6 bridgehead atoms. The standard InChI is InChI=1S/C37H42N6O6S2/c1-2-25-19-37(25,35(46)42-51(47,48)28-13-14-28)41-32(44)30-18-27-20-43(30)34(45)31(24-8-4-5-9-24)40-36-39-26(21-50-36)10-6-3-7-22-11-12-23-15-16-38-33(49-27)29(23)17-22/h2-3,7,11-12,15-17,21,24-25,27-28,30-31H,1,4-6,8-10,13-14,18-20H2,(H,39,40)(H,41,44)(H,42,46)/b7-3+/t25-,27-,30+,31+,37-/m1/s1. The van der Waals surface area contributed by atoms with Crippen LogP contribution >= 0.6 is 11.3 Å². The van der Waals surface area contributed by atoms with Gasteiger partial charge >= 0.3 is 0 Å². The van der Waals surface area contributed by atoms with Gasteiger partial charge in [-0.1, -0.05) is 43.2 Å². The second kappa shape index (κ2) is 13.4. The number of carbonyl (C=O) groups is 3. The third-order valence-corrected chi connectivity index (χ3v) is 13.6. The molecule has 3 N–H and O–H groups in total. The number of fused-ring (bicyclic) bond motifs is 5. The number of rotatable bonds is 7. The maximum atomic E-state index is 14.8. The summed E-state index contributed by atoms with van der Waals surface area (Å²) in [6.07, 6.45) is 13.6. The minimum atomic E-state index is -3.85. The second-order valence-corrected chi connectivity index (χ2v) is 17.3. The Labute approximate surface area is 301 Å². The highest BCUT2D eigenvalue weighted by molar-refractivity contribution is 7.91. The van der Waals surface area contributed by atoms with E-state index in [-0.39, 0.29) is 31.2 Å². The molecule has 5 atom stereocenters. The summed E-state index contributed by atoms with van der Waals surface area (Å²) >= 11 is 1.47. The highest BCUT2D eigenvalue weighted by Crippen LogP contribution is 2.46. The lowest BCUT2D eigenvalue weighted by Gasteiger charge is -2.32. The smallest absolute Gasteiger partial charge is 0.259 e. The van der Waals surface area contributed by atoms with Crippen LogP contribution in [0.15, 0.2) is 54.6 Å². The zero-order chi connectivity index (χ0) is 35.3. The number of nitrogens with zero attached hydrogens (tertiary/aromatic N) is 3. The van der Waals surface area contributed by atoms with Crippen molar-refractivity contribution < 1.29 is 27.5 Å². The van der Waals surface area contributed by atoms with Gasteiger partial charge in [-0.05, 0) is 73.9 Å². The molecule has 3 amide bonds. The van der Waals surface area contributed by atoms with Crippen LogP contribution in [0.2, 0.25) is 0 Å². The molecule has 8 rings (SSSR count). The average molecular weight is 731 g/mol. The molecule has 12 nitrogen and oxygen atoms in total. The van der Waals surface area contributed by atoms with Crippen LogP contribution in [0, 0.1) is 11.8 Å². The molecule has 1 aromatic carbocycles. The lowest BCUT2D eigenvalue weighted by molar-refractivity contribution is -0.141. The summed E-state index contributed by atoms with van der Waals surface area (Å²) in [5, 5.41) is 10.2. The van der Waals surface area contributed by atoms with Gasteiger partial charge in [0.05, 0.1) is 17.5 Å². The lowest BCUT2D eigenvalue weighted by atomic mass is 9.96. The van der Waals surface area contributed by atoms with Crippen molar-refractivity contribution in [2.75, 3.05) is 11.9 Å². The fourth-order valence-corrected chi connectivity index (χ4v) is 9.98. The molecule has 0 spiro atoms. The van der Waals surface area contributed by atoms with E-state index in [9.17, 15) is 22.8 Å². The van der Waals surface area contributed by atoms with Crippen LogP contribution in [-0.2, 0) is 30.8 Å². The number of amides is 3.